The van der Waals surface area contributed by atoms with Gasteiger partial charge in [-0.2, -0.15) is 0 Å². The van der Waals surface area contributed by atoms with Crippen LogP contribution in [0.2, 0.25) is 0 Å². The molecule has 5 aliphatic rings. The molecule has 0 heterocycles. The summed E-state index contributed by atoms with van der Waals surface area (Å²) in [6, 6.07) is 0. The molecule has 42 heavy (non-hydrogen) atoms. The fraction of sp³-hybridized carbons (Fsp3) is 0.771. The molecule has 7 heteroatoms. The van der Waals surface area contributed by atoms with Gasteiger partial charge in [-0.15, -0.1) is 0 Å². The lowest BCUT2D eigenvalue weighted by atomic mass is 9.43. The molecule has 0 aromatic carbocycles. The van der Waals surface area contributed by atoms with Crippen LogP contribution >= 0.6 is 0 Å². The van der Waals surface area contributed by atoms with E-state index in [0.29, 0.717) is 30.4 Å². The molecular weight excluding hydrogens is 532 g/mol. The van der Waals surface area contributed by atoms with Crippen molar-refractivity contribution in [2.24, 2.45) is 57.2 Å². The quantitative estimate of drug-likeness (QED) is 0.247. The van der Waals surface area contributed by atoms with Crippen molar-refractivity contribution in [1.29, 1.82) is 0 Å². The number of carbonyl (C=O) groups excluding carboxylic acids is 4. The number of hydrogen-bond donors (Lipinski definition) is 0. The average molecular weight is 583 g/mol. The van der Waals surface area contributed by atoms with E-state index >= 15 is 0 Å². The number of Topliss-reactive ketones (excluding diaryl/α,β-unsaturated/α-hetero) is 1. The second-order valence-corrected chi connectivity index (χ2v) is 15.0. The Morgan fingerprint density at radius 1 is 1.07 bits per heavy atom. The standard InChI is InChI=1S/C35H50O7/c1-19(17-40-9)20(2)30(39)31(42-24(6)37)22(4)29-27(41-23(5)36)16-33(8)28-11-10-25-21(3)26(38)12-13-34(25)18-35(28,34)15-14-32(29,33)7/h12-13,19,21-22,25,27-29,31H,2,10-11,14-18H2,1,3-9H3/t19-,21-,22?,25-,27-,28-,29-,31+,32+,33-,34?,35?/m0/s1. The first-order chi connectivity index (χ1) is 19.6. The first kappa shape index (κ1) is 31.2. The van der Waals surface area contributed by atoms with Gasteiger partial charge in [0.25, 0.3) is 0 Å². The molecule has 0 saturated heterocycles. The van der Waals surface area contributed by atoms with Gasteiger partial charge >= 0.3 is 11.9 Å². The Morgan fingerprint density at radius 2 is 1.76 bits per heavy atom. The summed E-state index contributed by atoms with van der Waals surface area (Å²) < 4.78 is 17.2. The van der Waals surface area contributed by atoms with Crippen LogP contribution in [0.15, 0.2) is 24.3 Å². The maximum Gasteiger partial charge on any atom is 0.303 e. The van der Waals surface area contributed by atoms with Gasteiger partial charge in [-0.1, -0.05) is 47.3 Å². The molecule has 4 saturated carbocycles. The molecule has 3 unspecified atom stereocenters. The largest absolute Gasteiger partial charge is 0.462 e. The van der Waals surface area contributed by atoms with Gasteiger partial charge in [0, 0.05) is 44.6 Å². The molecule has 4 fully saturated rings. The monoisotopic (exact) mass is 582 g/mol. The zero-order chi connectivity index (χ0) is 31.0. The molecule has 0 N–H and O–H groups in total. The summed E-state index contributed by atoms with van der Waals surface area (Å²) in [7, 11) is 1.58. The third-order valence-electron chi connectivity index (χ3n) is 13.3. The summed E-state index contributed by atoms with van der Waals surface area (Å²) in [4.78, 5) is 51.4. The number of hydrogen-bond acceptors (Lipinski definition) is 7. The average Bonchev–Trinajstić information content (AvgIpc) is 3.52. The Morgan fingerprint density at radius 3 is 2.38 bits per heavy atom. The van der Waals surface area contributed by atoms with Gasteiger partial charge in [-0.05, 0) is 83.7 Å². The number of fused-ring (bicyclic) bond motifs is 2. The number of ketones is 2. The van der Waals surface area contributed by atoms with Gasteiger partial charge in [0.05, 0.1) is 6.61 Å². The molecule has 5 aliphatic carbocycles. The molecule has 12 atom stereocenters. The van der Waals surface area contributed by atoms with Crippen molar-refractivity contribution in [2.45, 2.75) is 99.2 Å². The number of esters is 2. The highest BCUT2D eigenvalue weighted by molar-refractivity contribution is 5.99. The van der Waals surface area contributed by atoms with Crippen molar-refractivity contribution >= 4 is 23.5 Å². The Bertz CT molecular complexity index is 1220. The third kappa shape index (κ3) is 4.22. The second-order valence-electron chi connectivity index (χ2n) is 15.0. The Hall–Kier alpha value is -2.28. The van der Waals surface area contributed by atoms with Gasteiger partial charge in [0.15, 0.2) is 17.7 Å². The van der Waals surface area contributed by atoms with Crippen LogP contribution in [0.1, 0.15) is 87.0 Å². The number of rotatable bonds is 9. The van der Waals surface area contributed by atoms with Crippen LogP contribution in [-0.4, -0.2) is 49.4 Å². The van der Waals surface area contributed by atoms with Crippen LogP contribution in [0.4, 0.5) is 0 Å². The van der Waals surface area contributed by atoms with E-state index in [4.69, 9.17) is 14.2 Å². The molecular formula is C35H50O7. The topological polar surface area (TPSA) is 96.0 Å². The minimum absolute atomic E-state index is 0.0608. The summed E-state index contributed by atoms with van der Waals surface area (Å²) in [5.74, 6) is -0.818. The van der Waals surface area contributed by atoms with Crippen molar-refractivity contribution in [2.75, 3.05) is 13.7 Å². The number of ether oxygens (including phenoxy) is 3. The van der Waals surface area contributed by atoms with Crippen LogP contribution in [0, 0.1) is 57.2 Å². The van der Waals surface area contributed by atoms with Crippen molar-refractivity contribution in [3.63, 3.8) is 0 Å². The summed E-state index contributed by atoms with van der Waals surface area (Å²) in [5, 5.41) is 0. The van der Waals surface area contributed by atoms with Gasteiger partial charge in [0.2, 0.25) is 0 Å². The predicted molar refractivity (Wildman–Crippen MR) is 158 cm³/mol. The molecule has 232 valence electrons. The molecule has 5 rings (SSSR count). The van der Waals surface area contributed by atoms with Crippen LogP contribution in [-0.2, 0) is 33.4 Å². The van der Waals surface area contributed by atoms with Gasteiger partial charge in [0.1, 0.15) is 6.10 Å². The van der Waals surface area contributed by atoms with E-state index < -0.39 is 24.1 Å². The summed E-state index contributed by atoms with van der Waals surface area (Å²) in [6.45, 7) is 17.9. The predicted octanol–water partition coefficient (Wildman–Crippen LogP) is 5.90. The zero-order valence-corrected chi connectivity index (χ0v) is 26.8. The molecule has 7 nitrogen and oxygen atoms in total. The number of allylic oxidation sites excluding steroid dienone is 2. The smallest absolute Gasteiger partial charge is 0.303 e. The molecule has 0 bridgehead atoms. The summed E-state index contributed by atoms with van der Waals surface area (Å²) in [5.41, 5.74) is 0.209. The maximum absolute atomic E-state index is 13.9. The van der Waals surface area contributed by atoms with Crippen molar-refractivity contribution in [3.8, 4) is 0 Å². The lowest BCUT2D eigenvalue weighted by Crippen LogP contribution is -2.56. The first-order valence-electron chi connectivity index (χ1n) is 15.9. The Labute approximate surface area is 251 Å². The Balaban J connectivity index is 1.53. The molecule has 0 aromatic rings. The fourth-order valence-electron chi connectivity index (χ4n) is 11.2. The highest BCUT2D eigenvalue weighted by Crippen LogP contribution is 2.87. The minimum atomic E-state index is -1.02. The van der Waals surface area contributed by atoms with E-state index in [9.17, 15) is 19.2 Å². The normalized spacial score (nSPS) is 43.5. The molecule has 0 aromatic heterocycles. The van der Waals surface area contributed by atoms with E-state index in [1.54, 1.807) is 7.11 Å². The molecule has 0 amide bonds. The van der Waals surface area contributed by atoms with Crippen molar-refractivity contribution in [3.05, 3.63) is 24.3 Å². The van der Waals surface area contributed by atoms with Crippen LogP contribution in [0.5, 0.6) is 0 Å². The van der Waals surface area contributed by atoms with E-state index in [1.807, 2.05) is 19.9 Å². The molecule has 0 radical (unpaired) electrons. The van der Waals surface area contributed by atoms with E-state index in [0.717, 1.165) is 32.1 Å². The third-order valence-corrected chi connectivity index (χ3v) is 13.3. The lowest BCUT2D eigenvalue weighted by Gasteiger charge is -2.61. The number of carbonyl (C=O) groups is 4. The molecule has 2 spiro atoms. The van der Waals surface area contributed by atoms with Gasteiger partial charge in [-0.3, -0.25) is 19.2 Å². The fourth-order valence-corrected chi connectivity index (χ4v) is 11.2. The molecule has 0 aliphatic heterocycles. The lowest BCUT2D eigenvalue weighted by molar-refractivity contribution is -0.166. The SMILES string of the molecule is C=C(C(=O)[C@H](OC(C)=O)C(C)[C@H]1[C@@H](OC(C)=O)C[C@@]2(C)[C@@H]3CC[C@H]4[C@H](C)C(=O)C=CC45CC35CC[C@]12C)[C@@H](C)COC. The summed E-state index contributed by atoms with van der Waals surface area (Å²) in [6.07, 6.45) is 8.59. The van der Waals surface area contributed by atoms with Crippen LogP contribution < -0.4 is 0 Å². The van der Waals surface area contributed by atoms with Gasteiger partial charge < -0.3 is 14.2 Å². The zero-order valence-electron chi connectivity index (χ0n) is 26.8. The van der Waals surface area contributed by atoms with Crippen LogP contribution in [0.25, 0.3) is 0 Å². The minimum Gasteiger partial charge on any atom is -0.462 e. The highest BCUT2D eigenvalue weighted by atomic mass is 16.6. The van der Waals surface area contributed by atoms with E-state index in [-0.39, 0.29) is 56.9 Å². The van der Waals surface area contributed by atoms with Crippen molar-refractivity contribution < 1.29 is 33.4 Å². The maximum atomic E-state index is 13.9. The Kier molecular flexibility index (Phi) is 7.73. The van der Waals surface area contributed by atoms with Gasteiger partial charge in [-0.25, -0.2) is 0 Å². The van der Waals surface area contributed by atoms with E-state index in [1.165, 1.54) is 13.8 Å². The van der Waals surface area contributed by atoms with E-state index in [2.05, 4.69) is 33.4 Å². The van der Waals surface area contributed by atoms with Crippen LogP contribution in [0.3, 0.4) is 0 Å². The highest BCUT2D eigenvalue weighted by Gasteiger charge is 2.81. The van der Waals surface area contributed by atoms with Crippen molar-refractivity contribution in [1.82, 2.24) is 0 Å². The first-order valence-corrected chi connectivity index (χ1v) is 15.9. The summed E-state index contributed by atoms with van der Waals surface area (Å²) >= 11 is 0. The second kappa shape index (κ2) is 10.4. The number of methoxy groups -OCH3 is 1.